The smallest absolute Gasteiger partial charge is 0.257 e. The molecule has 146 valence electrons. The summed E-state index contributed by atoms with van der Waals surface area (Å²) in [5, 5.41) is 6.59. The number of nitrogens with one attached hydrogen (secondary N) is 1. The molecule has 11 heteroatoms. The third kappa shape index (κ3) is 3.31. The predicted octanol–water partition coefficient (Wildman–Crippen LogP) is 2.17. The van der Waals surface area contributed by atoms with E-state index in [9.17, 15) is 17.6 Å². The van der Waals surface area contributed by atoms with Gasteiger partial charge in [0.15, 0.2) is 0 Å². The lowest BCUT2D eigenvalue weighted by Crippen LogP contribution is -2.34. The van der Waals surface area contributed by atoms with Gasteiger partial charge in [-0.05, 0) is 12.1 Å². The van der Waals surface area contributed by atoms with E-state index in [1.807, 2.05) is 0 Å². The lowest BCUT2D eigenvalue weighted by atomic mass is 10.1. The van der Waals surface area contributed by atoms with E-state index in [0.717, 1.165) is 4.68 Å². The van der Waals surface area contributed by atoms with Gasteiger partial charge in [0.25, 0.3) is 6.43 Å². The first-order chi connectivity index (χ1) is 13.4. The number of fused-ring (bicyclic) bond motifs is 1. The Morgan fingerprint density at radius 2 is 1.93 bits per heavy atom. The van der Waals surface area contributed by atoms with Crippen molar-refractivity contribution in [2.24, 2.45) is 10.8 Å². The molecule has 3 N–H and O–H groups in total. The molecule has 0 unspecified atom stereocenters. The van der Waals surface area contributed by atoms with E-state index < -0.39 is 24.6 Å². The highest BCUT2D eigenvalue weighted by molar-refractivity contribution is 5.77. The minimum absolute atomic E-state index is 0.136. The predicted molar refractivity (Wildman–Crippen MR) is 92.8 cm³/mol. The molecule has 0 saturated heterocycles. The Morgan fingerprint density at radius 1 is 1.18 bits per heavy atom. The van der Waals surface area contributed by atoms with E-state index in [-0.39, 0.29) is 12.1 Å². The number of nitrogens with zero attached hydrogens (tertiary/aromatic N) is 5. The Bertz CT molecular complexity index is 975. The molecule has 1 aromatic carbocycles. The highest BCUT2D eigenvalue weighted by Crippen LogP contribution is 2.34. The molecule has 3 heterocycles. The summed E-state index contributed by atoms with van der Waals surface area (Å²) in [6.45, 7) is -0.693. The highest BCUT2D eigenvalue weighted by Gasteiger charge is 2.31. The van der Waals surface area contributed by atoms with E-state index in [1.54, 1.807) is 0 Å². The summed E-state index contributed by atoms with van der Waals surface area (Å²) < 4.78 is 54.4. The minimum atomic E-state index is -2.54. The summed E-state index contributed by atoms with van der Waals surface area (Å²) in [6.07, 6.45) is 3.20. The van der Waals surface area contributed by atoms with Crippen molar-refractivity contribution in [1.82, 2.24) is 25.2 Å². The Balaban J connectivity index is 1.67. The number of alkyl halides is 2. The van der Waals surface area contributed by atoms with Crippen LogP contribution in [0.3, 0.4) is 0 Å². The van der Waals surface area contributed by atoms with E-state index in [1.165, 1.54) is 53.1 Å². The van der Waals surface area contributed by atoms with Crippen LogP contribution in [-0.4, -0.2) is 32.6 Å². The van der Waals surface area contributed by atoms with Gasteiger partial charge in [0, 0.05) is 23.5 Å². The first kappa shape index (κ1) is 18.0. The van der Waals surface area contributed by atoms with Gasteiger partial charge < -0.3 is 0 Å². The fraction of sp³-hybridized carbons (Fsp3) is 0.176. The maximum atomic E-state index is 14.1. The van der Waals surface area contributed by atoms with E-state index >= 15 is 0 Å². The maximum Gasteiger partial charge on any atom is 0.257 e. The monoisotopic (exact) mass is 393 g/mol. The van der Waals surface area contributed by atoms with Crippen molar-refractivity contribution in [1.29, 1.82) is 0 Å². The molecular formula is C17H15F4N7. The lowest BCUT2D eigenvalue weighted by Gasteiger charge is -2.24. The molecule has 0 atom stereocenters. The first-order valence-corrected chi connectivity index (χ1v) is 8.24. The normalized spacial score (nSPS) is 16.0. The number of nitrogens with two attached hydrogens (primary N) is 1. The molecule has 1 aromatic heterocycles. The third-order valence-electron chi connectivity index (χ3n) is 4.23. The molecule has 7 nitrogen and oxygen atoms in total. The molecule has 2 aromatic rings. The van der Waals surface area contributed by atoms with Gasteiger partial charge in [0.05, 0.1) is 18.4 Å². The number of rotatable bonds is 5. The van der Waals surface area contributed by atoms with Crippen LogP contribution < -0.4 is 11.3 Å². The van der Waals surface area contributed by atoms with E-state index in [4.69, 9.17) is 5.84 Å². The molecular weight excluding hydrogens is 378 g/mol. The van der Waals surface area contributed by atoms with Gasteiger partial charge in [-0.2, -0.15) is 5.10 Å². The Labute approximate surface area is 157 Å². The van der Waals surface area contributed by atoms with Crippen molar-refractivity contribution in [2.75, 3.05) is 0 Å². The molecule has 0 bridgehead atoms. The molecule has 0 amide bonds. The summed E-state index contributed by atoms with van der Waals surface area (Å²) in [5.74, 6) is 4.35. The molecule has 0 saturated carbocycles. The zero-order valence-corrected chi connectivity index (χ0v) is 14.4. The van der Waals surface area contributed by atoms with Crippen molar-refractivity contribution >= 4 is 12.0 Å². The highest BCUT2D eigenvalue weighted by atomic mass is 19.3. The summed E-state index contributed by atoms with van der Waals surface area (Å²) in [7, 11) is 0. The number of hydrazine groups is 2. The Hall–Kier alpha value is -3.34. The lowest BCUT2D eigenvalue weighted by molar-refractivity contribution is 0.122. The second-order valence-electron chi connectivity index (χ2n) is 6.17. The summed E-state index contributed by atoms with van der Waals surface area (Å²) >= 11 is 0. The Morgan fingerprint density at radius 3 is 2.64 bits per heavy atom. The van der Waals surface area contributed by atoms with Crippen LogP contribution in [0.5, 0.6) is 0 Å². The summed E-state index contributed by atoms with van der Waals surface area (Å²) in [6, 6.07) is 3.62. The van der Waals surface area contributed by atoms with Gasteiger partial charge in [0.2, 0.25) is 0 Å². The van der Waals surface area contributed by atoms with Crippen LogP contribution in [-0.2, 0) is 13.1 Å². The molecule has 2 aliphatic rings. The SMILES string of the molecule is NN1C=NC2=C(c3cnn(CC(F)F)c3)NN(Cc3c(F)cccc3F)C2=C1. The zero-order valence-electron chi connectivity index (χ0n) is 14.4. The van der Waals surface area contributed by atoms with E-state index in [2.05, 4.69) is 15.5 Å². The molecule has 0 fully saturated rings. The van der Waals surface area contributed by atoms with Gasteiger partial charge in [-0.15, -0.1) is 0 Å². The van der Waals surface area contributed by atoms with Gasteiger partial charge in [-0.3, -0.25) is 20.1 Å². The number of hydrogen-bond acceptors (Lipinski definition) is 6. The third-order valence-corrected chi connectivity index (χ3v) is 4.23. The van der Waals surface area contributed by atoms with Crippen LogP contribution in [0.15, 0.2) is 53.2 Å². The van der Waals surface area contributed by atoms with Crippen molar-refractivity contribution < 1.29 is 17.6 Å². The first-order valence-electron chi connectivity index (χ1n) is 8.24. The largest absolute Gasteiger partial charge is 0.295 e. The van der Waals surface area contributed by atoms with Crippen LogP contribution in [0.1, 0.15) is 11.1 Å². The molecule has 0 aliphatic carbocycles. The van der Waals surface area contributed by atoms with Crippen LogP contribution in [0.25, 0.3) is 5.70 Å². The van der Waals surface area contributed by atoms with Gasteiger partial charge in [0.1, 0.15) is 35.9 Å². The Kier molecular flexibility index (Phi) is 4.51. The average Bonchev–Trinajstić information content (AvgIpc) is 3.22. The van der Waals surface area contributed by atoms with E-state index in [0.29, 0.717) is 22.7 Å². The number of halogens is 4. The van der Waals surface area contributed by atoms with Crippen molar-refractivity contribution in [3.05, 3.63) is 70.9 Å². The van der Waals surface area contributed by atoms with Gasteiger partial charge in [-0.1, -0.05) is 6.07 Å². The summed E-state index contributed by atoms with van der Waals surface area (Å²) in [5.41, 5.74) is 4.77. The number of aliphatic imine (C=N–C) groups is 1. The standard InChI is InChI=1S/C17H15F4N7/c18-12-2-1-3-13(19)11(12)6-28-14-7-26(22)9-23-17(14)16(25-28)10-4-24-27(5-10)8-15(20)21/h1-5,7,9,15,25H,6,8,22H2. The zero-order chi connectivity index (χ0) is 19.8. The second kappa shape index (κ2) is 7.00. The fourth-order valence-electron chi connectivity index (χ4n) is 2.97. The van der Waals surface area contributed by atoms with Crippen LogP contribution in [0.4, 0.5) is 17.6 Å². The molecule has 0 radical (unpaired) electrons. The molecule has 28 heavy (non-hydrogen) atoms. The van der Waals surface area contributed by atoms with Gasteiger partial charge in [-0.25, -0.2) is 28.4 Å². The number of hydrogen-bond donors (Lipinski definition) is 2. The van der Waals surface area contributed by atoms with Crippen LogP contribution in [0, 0.1) is 11.6 Å². The minimum Gasteiger partial charge on any atom is -0.295 e. The topological polar surface area (TPSA) is 74.7 Å². The van der Waals surface area contributed by atoms with Crippen LogP contribution in [0.2, 0.25) is 0 Å². The van der Waals surface area contributed by atoms with Crippen LogP contribution >= 0.6 is 0 Å². The fourth-order valence-corrected chi connectivity index (χ4v) is 2.97. The van der Waals surface area contributed by atoms with Crippen molar-refractivity contribution in [2.45, 2.75) is 19.5 Å². The average molecular weight is 393 g/mol. The number of aromatic nitrogens is 2. The van der Waals surface area contributed by atoms with Crippen molar-refractivity contribution in [3.63, 3.8) is 0 Å². The molecule has 2 aliphatic heterocycles. The number of benzene rings is 1. The quantitative estimate of drug-likeness (QED) is 0.602. The van der Waals surface area contributed by atoms with Gasteiger partial charge >= 0.3 is 0 Å². The molecule has 4 rings (SSSR count). The summed E-state index contributed by atoms with van der Waals surface area (Å²) in [4.78, 5) is 4.25. The maximum absolute atomic E-state index is 14.1. The molecule has 0 spiro atoms. The van der Waals surface area contributed by atoms with Crippen molar-refractivity contribution in [3.8, 4) is 0 Å². The second-order valence-corrected chi connectivity index (χ2v) is 6.17.